The van der Waals surface area contributed by atoms with Gasteiger partial charge in [0.2, 0.25) is 0 Å². The Kier molecular flexibility index (Phi) is 38.0. The molecule has 17 heteroatoms. The Morgan fingerprint density at radius 2 is 1.61 bits per heavy atom. The Labute approximate surface area is 359 Å². The molecule has 1 N–H and O–H groups in total. The van der Waals surface area contributed by atoms with Crippen molar-refractivity contribution >= 4 is 62.3 Å². The second-order valence-electron chi connectivity index (χ2n) is 6.62. The predicted octanol–water partition coefficient (Wildman–Crippen LogP) is -4.32. The van der Waals surface area contributed by atoms with Crippen molar-refractivity contribution in [2.45, 2.75) is 6.54 Å². The average molecular weight is 921 g/mol. The maximum Gasteiger partial charge on any atom is 1.00 e. The van der Waals surface area contributed by atoms with Crippen molar-refractivity contribution in [2.24, 2.45) is 0 Å². The van der Waals surface area contributed by atoms with Crippen molar-refractivity contribution < 1.29 is 164 Å². The third-order valence-electron chi connectivity index (χ3n) is 4.39. The molecule has 198 valence electrons. The quantitative estimate of drug-likeness (QED) is 0.133. The number of carbonyl (C=O) groups excluding carboxylic acids is 1. The Bertz CT molecular complexity index is 720. The molecule has 0 amide bonds. The zero-order valence-electron chi connectivity index (χ0n) is 21.7. The van der Waals surface area contributed by atoms with Crippen LogP contribution in [0.4, 0.5) is 0 Å². The molecule has 0 unspecified atom stereocenters. The number of alkyl halides is 1. The van der Waals surface area contributed by atoms with E-state index in [4.69, 9.17) is 31.1 Å². The van der Waals surface area contributed by atoms with Crippen molar-refractivity contribution in [2.75, 3.05) is 71.6 Å². The summed E-state index contributed by atoms with van der Waals surface area (Å²) in [4.78, 5) is 26.6. The minimum atomic E-state index is -0.181. The van der Waals surface area contributed by atoms with Crippen LogP contribution in [0, 0.1) is 0 Å². The molecule has 0 bridgehead atoms. The van der Waals surface area contributed by atoms with Crippen LogP contribution in [0.2, 0.25) is 0 Å². The first-order valence-corrected chi connectivity index (χ1v) is 12.4. The van der Waals surface area contributed by atoms with E-state index < -0.39 is 0 Å². The summed E-state index contributed by atoms with van der Waals surface area (Å²) < 4.78 is 14.4. The van der Waals surface area contributed by atoms with E-state index in [0.717, 1.165) is 87.3 Å². The van der Waals surface area contributed by atoms with Crippen molar-refractivity contribution in [3.63, 3.8) is 0 Å². The summed E-state index contributed by atoms with van der Waals surface area (Å²) in [7, 11) is 0. The molecule has 0 atom stereocenters. The monoisotopic (exact) mass is 918 g/mol. The fraction of sp³-hybridized carbons (Fsp3) is 0.632. The van der Waals surface area contributed by atoms with E-state index in [2.05, 4.69) is 66.1 Å². The molecule has 2 fully saturated rings. The van der Waals surface area contributed by atoms with E-state index in [1.807, 2.05) is 12.5 Å². The Hall–Kier alpha value is 3.33. The Morgan fingerprint density at radius 1 is 1.08 bits per heavy atom. The van der Waals surface area contributed by atoms with Crippen molar-refractivity contribution in [3.05, 3.63) is 34.3 Å². The first kappa shape index (κ1) is 43.8. The van der Waals surface area contributed by atoms with Gasteiger partial charge in [-0.3, -0.25) is 14.6 Å². The van der Waals surface area contributed by atoms with Gasteiger partial charge in [-0.05, 0) is 31.9 Å². The number of aromatic nitrogens is 4. The Balaban J connectivity index is -0.000000208. The number of halogens is 4. The van der Waals surface area contributed by atoms with Gasteiger partial charge < -0.3 is 30.6 Å². The van der Waals surface area contributed by atoms with Gasteiger partial charge in [0.05, 0.1) is 45.3 Å². The molecule has 0 saturated carbocycles. The molecule has 0 aliphatic carbocycles. The molecule has 2 aromatic heterocycles. The minimum Gasteiger partial charge on any atom is -1.00 e. The van der Waals surface area contributed by atoms with Gasteiger partial charge in [-0.25, -0.2) is 9.97 Å². The third-order valence-corrected chi connectivity index (χ3v) is 5.40. The van der Waals surface area contributed by atoms with Crippen molar-refractivity contribution in [1.82, 2.24) is 29.3 Å². The fourth-order valence-corrected chi connectivity index (χ4v) is 3.53. The van der Waals surface area contributed by atoms with Crippen LogP contribution in [0.25, 0.3) is 0 Å². The summed E-state index contributed by atoms with van der Waals surface area (Å²) in [6.07, 6.45) is 7.16. The molecule has 2 aliphatic rings. The third kappa shape index (κ3) is 25.1. The van der Waals surface area contributed by atoms with Gasteiger partial charge in [-0.15, -0.1) is 24.0 Å². The largest absolute Gasteiger partial charge is 1.00 e. The number of nitrogens with one attached hydrogen (secondary N) is 1. The molecule has 0 aromatic carbocycles. The summed E-state index contributed by atoms with van der Waals surface area (Å²) in [6.45, 7) is 10.6. The number of nitrogens with zero attached hydrogens (tertiary/aromatic N) is 5. The van der Waals surface area contributed by atoms with Gasteiger partial charge in [0.15, 0.2) is 0 Å². The van der Waals surface area contributed by atoms with E-state index in [0.29, 0.717) is 0 Å². The number of carbonyl (C=O) groups is 1. The molecule has 36 heavy (non-hydrogen) atoms. The first-order chi connectivity index (χ1) is 16.1. The second-order valence-corrected chi connectivity index (χ2v) is 8.67. The average Bonchev–Trinajstić information content (AvgIpc) is 3.51. The second kappa shape index (κ2) is 31.3. The topological polar surface area (TPSA) is 121 Å². The number of rotatable bonds is 6. The van der Waals surface area contributed by atoms with Crippen LogP contribution in [-0.4, -0.2) is 107 Å². The van der Waals surface area contributed by atoms with Crippen LogP contribution in [0.5, 0.6) is 0 Å². The molecule has 4 rings (SSSR count). The van der Waals surface area contributed by atoms with Crippen molar-refractivity contribution in [1.29, 1.82) is 0 Å². The van der Waals surface area contributed by atoms with Crippen LogP contribution in [0.3, 0.4) is 0 Å². The summed E-state index contributed by atoms with van der Waals surface area (Å²) in [5, 5.41) is 8.43. The predicted molar refractivity (Wildman–Crippen MR) is 137 cm³/mol. The standard InChI is InChI=1S/C9H14BrN3O.C6H12ClNO.C3H3BrN2.CH2O3.ClH.2Cs.H/c10-9-7-13(8-11-9)2-1-12-3-5-14-6-4-12;7-1-2-8-3-5-9-6-4-8;4-3-1-5-2-6-3;2-1-4-3;;;;/h7-8H,1-6H2;1-6H2;1-2H,(H,5,6);1,3H;1H;;;/q;;;;;2*+1;-1/p-1. The molecular weight excluding hydrogens is 889 g/mol. The number of H-pyrrole nitrogens is 1. The molecular formula is C19H32Br2Cl2Cs2N6O5. The van der Waals surface area contributed by atoms with Gasteiger partial charge in [0.1, 0.15) is 9.21 Å². The zero-order chi connectivity index (χ0) is 24.2. The van der Waals surface area contributed by atoms with Gasteiger partial charge in [0.25, 0.3) is 6.47 Å². The van der Waals surface area contributed by atoms with Crippen molar-refractivity contribution in [3.8, 4) is 0 Å². The number of hydrogen-bond acceptors (Lipinski definition) is 9. The smallest absolute Gasteiger partial charge is 1.00 e. The summed E-state index contributed by atoms with van der Waals surface area (Å²) in [5.74, 6) is 0.736. The number of imidazole rings is 2. The van der Waals surface area contributed by atoms with Crippen LogP contribution in [0.15, 0.2) is 34.3 Å². The van der Waals surface area contributed by atoms with E-state index >= 15 is 0 Å². The number of morpholine rings is 2. The van der Waals surface area contributed by atoms with Gasteiger partial charge in [-0.1, -0.05) is 0 Å². The van der Waals surface area contributed by atoms with Crippen LogP contribution in [0.1, 0.15) is 1.43 Å². The van der Waals surface area contributed by atoms with E-state index in [1.165, 1.54) is 0 Å². The van der Waals surface area contributed by atoms with E-state index in [1.54, 1.807) is 12.5 Å². The Morgan fingerprint density at radius 3 is 1.94 bits per heavy atom. The summed E-state index contributed by atoms with van der Waals surface area (Å²) in [6, 6.07) is 0. The van der Waals surface area contributed by atoms with E-state index in [-0.39, 0.29) is 158 Å². The van der Waals surface area contributed by atoms with Crippen LogP contribution in [-0.2, 0) is 25.7 Å². The maximum absolute atomic E-state index is 8.64. The molecule has 2 aromatic rings. The van der Waals surface area contributed by atoms with Gasteiger partial charge in [-0.2, -0.15) is 0 Å². The molecule has 4 heterocycles. The minimum absolute atomic E-state index is 0. The van der Waals surface area contributed by atoms with Gasteiger partial charge in [0, 0.05) is 57.9 Å². The molecule has 0 radical (unpaired) electrons. The molecule has 2 aliphatic heterocycles. The van der Waals surface area contributed by atoms with Crippen LogP contribution < -0.4 is 143 Å². The molecule has 0 spiro atoms. The van der Waals surface area contributed by atoms with Crippen LogP contribution >= 0.6 is 55.9 Å². The zero-order valence-corrected chi connectivity index (χ0v) is 38.0. The van der Waals surface area contributed by atoms with E-state index in [9.17, 15) is 0 Å². The summed E-state index contributed by atoms with van der Waals surface area (Å²) in [5.41, 5.74) is 0. The normalized spacial score (nSPS) is 14.9. The molecule has 11 nitrogen and oxygen atoms in total. The summed E-state index contributed by atoms with van der Waals surface area (Å²) >= 11 is 12.0. The van der Waals surface area contributed by atoms with Gasteiger partial charge >= 0.3 is 138 Å². The first-order valence-electron chi connectivity index (χ1n) is 10.3. The molecule has 2 saturated heterocycles. The number of hydrogen-bond donors (Lipinski definition) is 1. The SMILES string of the molecule is Brc1cn(CCN2CCOCC2)cn1.Brc1cnc[nH]1.Cl.ClCCN1CCOCC1.O=CO[O-].[Cs+].[Cs+].[H-]. The fourth-order valence-electron chi connectivity index (χ4n) is 2.72. The number of ether oxygens (including phenoxy) is 2. The maximum atomic E-state index is 8.64. The number of aromatic amines is 1.